The smallest absolute Gasteiger partial charge is 0.132 e. The minimum Gasteiger partial charge on any atom is -0.378 e. The maximum absolute atomic E-state index is 5.44. The number of fused-ring (bicyclic) bond motifs is 1. The Kier molecular flexibility index (Phi) is 4.18. The predicted molar refractivity (Wildman–Crippen MR) is 107 cm³/mol. The number of anilines is 1. The van der Waals surface area contributed by atoms with Crippen LogP contribution in [0.4, 0.5) is 5.82 Å². The number of benzene rings is 1. The van der Waals surface area contributed by atoms with Crippen molar-refractivity contribution in [3.63, 3.8) is 0 Å². The second-order valence-electron chi connectivity index (χ2n) is 6.64. The molecule has 0 spiro atoms. The third-order valence-corrected chi connectivity index (χ3v) is 5.87. The molecule has 4 heterocycles. The quantitative estimate of drug-likeness (QED) is 0.702. The Balaban J connectivity index is 1.50. The van der Waals surface area contributed by atoms with Crippen molar-refractivity contribution < 1.29 is 4.74 Å². The van der Waals surface area contributed by atoms with Gasteiger partial charge in [0, 0.05) is 30.9 Å². The van der Waals surface area contributed by atoms with Crippen molar-refractivity contribution in [2.75, 3.05) is 31.2 Å². The van der Waals surface area contributed by atoms with Crippen LogP contribution in [0.25, 0.3) is 10.4 Å². The van der Waals surface area contributed by atoms with E-state index in [4.69, 9.17) is 9.73 Å². The van der Waals surface area contributed by atoms with Gasteiger partial charge in [0.25, 0.3) is 0 Å². The highest BCUT2D eigenvalue weighted by molar-refractivity contribution is 7.15. The van der Waals surface area contributed by atoms with Gasteiger partial charge in [-0.05, 0) is 24.1 Å². The molecule has 2 aromatic heterocycles. The van der Waals surface area contributed by atoms with E-state index in [9.17, 15) is 0 Å². The Morgan fingerprint density at radius 1 is 1.07 bits per heavy atom. The Hall–Kier alpha value is -2.64. The van der Waals surface area contributed by atoms with E-state index in [-0.39, 0.29) is 0 Å². The van der Waals surface area contributed by atoms with Crippen LogP contribution in [0.1, 0.15) is 21.8 Å². The van der Waals surface area contributed by atoms with Crippen LogP contribution in [-0.2, 0) is 11.3 Å². The molecule has 2 aliphatic rings. The zero-order valence-electron chi connectivity index (χ0n) is 15.1. The minimum absolute atomic E-state index is 0.698. The molecule has 0 saturated carbocycles. The second-order valence-corrected chi connectivity index (χ2v) is 7.88. The van der Waals surface area contributed by atoms with E-state index < -0.39 is 0 Å². The number of morpholine rings is 1. The maximum Gasteiger partial charge on any atom is 0.132 e. The first kappa shape index (κ1) is 16.5. The van der Waals surface area contributed by atoms with Gasteiger partial charge in [-0.25, -0.2) is 15.0 Å². The normalized spacial score (nSPS) is 16.3. The molecule has 7 heteroatoms. The van der Waals surface area contributed by atoms with Gasteiger partial charge >= 0.3 is 0 Å². The van der Waals surface area contributed by atoms with Crippen LogP contribution >= 0.6 is 11.3 Å². The van der Waals surface area contributed by atoms with E-state index in [0.717, 1.165) is 54.1 Å². The van der Waals surface area contributed by atoms with E-state index >= 15 is 0 Å². The Morgan fingerprint density at radius 3 is 2.78 bits per heavy atom. The maximum atomic E-state index is 5.44. The van der Waals surface area contributed by atoms with Crippen LogP contribution in [0.5, 0.6) is 0 Å². The molecule has 0 aliphatic carbocycles. The molecular weight excluding hydrogens is 358 g/mol. The van der Waals surface area contributed by atoms with E-state index in [1.807, 2.05) is 19.2 Å². The van der Waals surface area contributed by atoms with Gasteiger partial charge in [-0.2, -0.15) is 0 Å². The number of aromatic nitrogens is 3. The number of nitrogens with zero attached hydrogens (tertiary/aromatic N) is 5. The number of ether oxygens (including phenoxy) is 1. The summed E-state index contributed by atoms with van der Waals surface area (Å²) in [6.07, 6.45) is 3.58. The summed E-state index contributed by atoms with van der Waals surface area (Å²) in [5.41, 5.74) is 5.40. The topological polar surface area (TPSA) is 63.5 Å². The van der Waals surface area contributed by atoms with Gasteiger partial charge in [0.1, 0.15) is 12.1 Å². The highest BCUT2D eigenvalue weighted by Crippen LogP contribution is 2.31. The molecule has 1 fully saturated rings. The molecule has 1 saturated heterocycles. The number of thiazole rings is 1. The lowest BCUT2D eigenvalue weighted by atomic mass is 10.00. The third kappa shape index (κ3) is 3.13. The van der Waals surface area contributed by atoms with Crippen molar-refractivity contribution >= 4 is 22.9 Å². The van der Waals surface area contributed by atoms with Crippen LogP contribution in [0.3, 0.4) is 0 Å². The first-order valence-corrected chi connectivity index (χ1v) is 9.85. The molecule has 3 aromatic rings. The van der Waals surface area contributed by atoms with E-state index in [1.54, 1.807) is 17.7 Å². The van der Waals surface area contributed by atoms with Gasteiger partial charge in [-0.1, -0.05) is 12.1 Å². The molecule has 27 heavy (non-hydrogen) atoms. The zero-order chi connectivity index (χ0) is 18.2. The van der Waals surface area contributed by atoms with Crippen LogP contribution in [-0.4, -0.2) is 47.0 Å². The molecule has 0 radical (unpaired) electrons. The van der Waals surface area contributed by atoms with Crippen LogP contribution in [0, 0.1) is 6.92 Å². The van der Waals surface area contributed by atoms with Crippen molar-refractivity contribution in [1.82, 2.24) is 15.0 Å². The van der Waals surface area contributed by atoms with E-state index in [1.165, 1.54) is 16.0 Å². The van der Waals surface area contributed by atoms with Gasteiger partial charge in [-0.15, -0.1) is 11.3 Å². The molecule has 0 atom stereocenters. The number of hydrogen-bond donors (Lipinski definition) is 0. The lowest BCUT2D eigenvalue weighted by molar-refractivity contribution is 0.122. The Bertz CT molecular complexity index is 1020. The molecule has 0 amide bonds. The average Bonchev–Trinajstić information content (AvgIpc) is 3.34. The summed E-state index contributed by atoms with van der Waals surface area (Å²) in [5.74, 6) is 0.939. The fourth-order valence-corrected chi connectivity index (χ4v) is 4.27. The highest BCUT2D eigenvalue weighted by atomic mass is 32.1. The standard InChI is InChI=1S/C20H19N5OS/c1-13-21-11-18(27-13)14-2-3-15-10-22-20(16(15)8-14)17-9-19(24-12-23-17)25-4-6-26-7-5-25/h2-3,8-9,11-12H,4-7,10H2,1H3. The summed E-state index contributed by atoms with van der Waals surface area (Å²) in [7, 11) is 0. The average molecular weight is 377 g/mol. The second kappa shape index (κ2) is 6.83. The van der Waals surface area contributed by atoms with Crippen LogP contribution in [0.2, 0.25) is 0 Å². The van der Waals surface area contributed by atoms with Gasteiger partial charge in [0.15, 0.2) is 0 Å². The fourth-order valence-electron chi connectivity index (χ4n) is 3.49. The highest BCUT2D eigenvalue weighted by Gasteiger charge is 2.21. The molecule has 0 unspecified atom stereocenters. The van der Waals surface area contributed by atoms with Crippen LogP contribution < -0.4 is 4.90 Å². The molecule has 0 N–H and O–H groups in total. The zero-order valence-corrected chi connectivity index (χ0v) is 15.9. The fraction of sp³-hybridized carbons (Fsp3) is 0.300. The summed E-state index contributed by atoms with van der Waals surface area (Å²) < 4.78 is 5.44. The monoisotopic (exact) mass is 377 g/mol. The van der Waals surface area contributed by atoms with Crippen LogP contribution in [0.15, 0.2) is 41.8 Å². The van der Waals surface area contributed by atoms with Gasteiger partial charge in [-0.3, -0.25) is 4.99 Å². The number of aliphatic imine (C=N–C) groups is 1. The summed E-state index contributed by atoms with van der Waals surface area (Å²) in [6, 6.07) is 8.58. The summed E-state index contributed by atoms with van der Waals surface area (Å²) >= 11 is 1.71. The summed E-state index contributed by atoms with van der Waals surface area (Å²) in [5, 5.41) is 1.07. The molecule has 1 aromatic carbocycles. The van der Waals surface area contributed by atoms with Crippen molar-refractivity contribution in [2.45, 2.75) is 13.5 Å². The molecule has 2 aliphatic heterocycles. The molecule has 0 bridgehead atoms. The number of rotatable bonds is 3. The van der Waals surface area contributed by atoms with Gasteiger partial charge in [0.2, 0.25) is 0 Å². The lowest BCUT2D eigenvalue weighted by Crippen LogP contribution is -2.36. The largest absolute Gasteiger partial charge is 0.378 e. The van der Waals surface area contributed by atoms with Crippen molar-refractivity contribution in [3.05, 3.63) is 58.6 Å². The molecular formula is C20H19N5OS. The SMILES string of the molecule is Cc1ncc(-c2ccc3c(c2)C(c2cc(N4CCOCC4)ncn2)=NC3)s1. The summed E-state index contributed by atoms with van der Waals surface area (Å²) in [6.45, 7) is 5.91. The minimum atomic E-state index is 0.698. The molecule has 136 valence electrons. The summed E-state index contributed by atoms with van der Waals surface area (Å²) in [4.78, 5) is 21.5. The first-order chi connectivity index (χ1) is 13.3. The number of hydrogen-bond acceptors (Lipinski definition) is 7. The molecule has 6 nitrogen and oxygen atoms in total. The Morgan fingerprint density at radius 2 is 1.96 bits per heavy atom. The van der Waals surface area contributed by atoms with E-state index in [0.29, 0.717) is 6.54 Å². The predicted octanol–water partition coefficient (Wildman–Crippen LogP) is 3.10. The Labute approximate surface area is 161 Å². The first-order valence-electron chi connectivity index (χ1n) is 9.03. The van der Waals surface area contributed by atoms with Crippen molar-refractivity contribution in [1.29, 1.82) is 0 Å². The van der Waals surface area contributed by atoms with Gasteiger partial charge < -0.3 is 9.64 Å². The lowest BCUT2D eigenvalue weighted by Gasteiger charge is -2.27. The van der Waals surface area contributed by atoms with Gasteiger partial charge in [0.05, 0.1) is 41.0 Å². The van der Waals surface area contributed by atoms with Crippen molar-refractivity contribution in [2.24, 2.45) is 4.99 Å². The van der Waals surface area contributed by atoms with E-state index in [2.05, 4.69) is 38.1 Å². The number of aryl methyl sites for hydroxylation is 1. The molecule has 5 rings (SSSR count). The van der Waals surface area contributed by atoms with Crippen molar-refractivity contribution in [3.8, 4) is 10.4 Å². The third-order valence-electron chi connectivity index (χ3n) is 4.91.